The largest absolute Gasteiger partial charge is 0.481 e. The van der Waals surface area contributed by atoms with Crippen LogP contribution in [0.25, 0.3) is 10.8 Å². The van der Waals surface area contributed by atoms with Crippen LogP contribution < -0.4 is 4.74 Å². The molecule has 0 radical (unpaired) electrons. The van der Waals surface area contributed by atoms with E-state index < -0.39 is 18.5 Å². The molecular weight excluding hydrogens is 254 g/mol. The van der Waals surface area contributed by atoms with Gasteiger partial charge in [-0.25, -0.2) is 0 Å². The Bertz CT molecular complexity index is 611. The fourth-order valence-electron chi connectivity index (χ4n) is 1.88. The van der Waals surface area contributed by atoms with Crippen molar-refractivity contribution in [2.45, 2.75) is 19.5 Å². The van der Waals surface area contributed by atoms with E-state index >= 15 is 0 Å². The molecule has 3 nitrogen and oxygen atoms in total. The molecule has 2 aromatic carbocycles. The van der Waals surface area contributed by atoms with Gasteiger partial charge in [0, 0.05) is 5.39 Å². The number of carboxylic acid groups (broad SMARTS) is 1. The second-order valence-electron chi connectivity index (χ2n) is 4.18. The lowest BCUT2D eigenvalue weighted by Gasteiger charge is -2.11. The van der Waals surface area contributed by atoms with E-state index in [0.717, 1.165) is 0 Å². The number of aliphatic carboxylic acids is 1. The topological polar surface area (TPSA) is 46.5 Å². The molecule has 0 heterocycles. The van der Waals surface area contributed by atoms with Gasteiger partial charge in [-0.15, -0.1) is 0 Å². The molecule has 0 bridgehead atoms. The molecule has 19 heavy (non-hydrogen) atoms. The van der Waals surface area contributed by atoms with Crippen LogP contribution in [0.2, 0.25) is 0 Å². The Kier molecular flexibility index (Phi) is 3.64. The molecule has 2 aromatic rings. The monoisotopic (exact) mass is 266 g/mol. The number of rotatable bonds is 4. The molecule has 0 amide bonds. The lowest BCUT2D eigenvalue weighted by molar-refractivity contribution is -0.138. The number of carboxylic acids is 1. The third-order valence-electron chi connectivity index (χ3n) is 2.95. The van der Waals surface area contributed by atoms with E-state index in [1.54, 1.807) is 37.3 Å². The predicted octanol–water partition coefficient (Wildman–Crippen LogP) is 3.63. The summed E-state index contributed by atoms with van der Waals surface area (Å²) < 4.78 is 28.9. The van der Waals surface area contributed by atoms with Crippen LogP contribution in [0, 0.1) is 0 Å². The minimum absolute atomic E-state index is 0.0852. The first-order valence-electron chi connectivity index (χ1n) is 5.69. The first kappa shape index (κ1) is 13.3. The lowest BCUT2D eigenvalue weighted by Crippen LogP contribution is -2.07. The van der Waals surface area contributed by atoms with Gasteiger partial charge < -0.3 is 9.84 Å². The zero-order valence-corrected chi connectivity index (χ0v) is 10.1. The number of carbonyl (C=O) groups is 1. The van der Waals surface area contributed by atoms with E-state index in [4.69, 9.17) is 5.11 Å². The van der Waals surface area contributed by atoms with Crippen molar-refractivity contribution in [2.24, 2.45) is 0 Å². The fourth-order valence-corrected chi connectivity index (χ4v) is 1.88. The summed E-state index contributed by atoms with van der Waals surface area (Å²) in [5, 5.41) is 10.2. The van der Waals surface area contributed by atoms with Gasteiger partial charge in [-0.2, -0.15) is 8.78 Å². The van der Waals surface area contributed by atoms with Crippen molar-refractivity contribution in [1.82, 2.24) is 0 Å². The fraction of sp³-hybridized carbons (Fsp3) is 0.214. The average Bonchev–Trinajstić information content (AvgIpc) is 2.36. The van der Waals surface area contributed by atoms with Gasteiger partial charge in [0.15, 0.2) is 0 Å². The highest BCUT2D eigenvalue weighted by atomic mass is 19.3. The summed E-state index contributed by atoms with van der Waals surface area (Å²) in [5.41, 5.74) is 0.620. The van der Waals surface area contributed by atoms with Gasteiger partial charge in [0.05, 0.1) is 5.92 Å². The lowest BCUT2D eigenvalue weighted by atomic mass is 9.98. The van der Waals surface area contributed by atoms with Gasteiger partial charge in [-0.3, -0.25) is 4.79 Å². The summed E-state index contributed by atoms with van der Waals surface area (Å²) in [6, 6.07) is 9.66. The molecule has 0 saturated heterocycles. The van der Waals surface area contributed by atoms with Crippen molar-refractivity contribution in [3.05, 3.63) is 42.0 Å². The number of alkyl halides is 2. The van der Waals surface area contributed by atoms with E-state index in [9.17, 15) is 13.6 Å². The van der Waals surface area contributed by atoms with Gasteiger partial charge >= 0.3 is 12.6 Å². The van der Waals surface area contributed by atoms with E-state index in [2.05, 4.69) is 4.74 Å². The van der Waals surface area contributed by atoms with Gasteiger partial charge in [0.2, 0.25) is 0 Å². The van der Waals surface area contributed by atoms with Crippen molar-refractivity contribution in [2.75, 3.05) is 0 Å². The summed E-state index contributed by atoms with van der Waals surface area (Å²) in [6.07, 6.45) is 0. The zero-order chi connectivity index (χ0) is 14.0. The van der Waals surface area contributed by atoms with Crippen LogP contribution in [0.5, 0.6) is 5.75 Å². The normalized spacial score (nSPS) is 12.6. The number of fused-ring (bicyclic) bond motifs is 1. The molecule has 0 aliphatic heterocycles. The average molecular weight is 266 g/mol. The molecule has 0 fully saturated rings. The molecule has 0 spiro atoms. The minimum atomic E-state index is -2.89. The molecule has 0 saturated carbocycles. The van der Waals surface area contributed by atoms with Gasteiger partial charge in [0.1, 0.15) is 5.75 Å². The highest BCUT2D eigenvalue weighted by molar-refractivity contribution is 5.90. The summed E-state index contributed by atoms with van der Waals surface area (Å²) >= 11 is 0. The Hall–Kier alpha value is -2.17. The van der Waals surface area contributed by atoms with E-state index in [-0.39, 0.29) is 5.75 Å². The molecular formula is C14H12F2O3. The van der Waals surface area contributed by atoms with E-state index in [1.807, 2.05) is 0 Å². The van der Waals surface area contributed by atoms with E-state index in [0.29, 0.717) is 16.3 Å². The second kappa shape index (κ2) is 5.22. The second-order valence-corrected chi connectivity index (χ2v) is 4.18. The number of halogens is 2. The maximum Gasteiger partial charge on any atom is 0.387 e. The Labute approximate surface area is 108 Å². The van der Waals surface area contributed by atoms with Crippen LogP contribution in [0.1, 0.15) is 18.4 Å². The van der Waals surface area contributed by atoms with Crippen molar-refractivity contribution in [3.63, 3.8) is 0 Å². The maximum atomic E-state index is 12.3. The van der Waals surface area contributed by atoms with Gasteiger partial charge in [-0.05, 0) is 23.9 Å². The maximum absolute atomic E-state index is 12.3. The van der Waals surface area contributed by atoms with Gasteiger partial charge in [0.25, 0.3) is 0 Å². The number of ether oxygens (including phenoxy) is 1. The first-order valence-corrected chi connectivity index (χ1v) is 5.69. The number of benzene rings is 2. The van der Waals surface area contributed by atoms with Crippen molar-refractivity contribution in [1.29, 1.82) is 0 Å². The number of hydrogen-bond donors (Lipinski definition) is 1. The summed E-state index contributed by atoms with van der Waals surface area (Å²) in [7, 11) is 0. The molecule has 0 aliphatic rings. The number of hydrogen-bond acceptors (Lipinski definition) is 2. The van der Waals surface area contributed by atoms with Crippen LogP contribution in [0.15, 0.2) is 36.4 Å². The molecule has 1 atom stereocenters. The first-order chi connectivity index (χ1) is 8.99. The smallest absolute Gasteiger partial charge is 0.387 e. The van der Waals surface area contributed by atoms with Crippen molar-refractivity contribution < 1.29 is 23.4 Å². The van der Waals surface area contributed by atoms with Crippen LogP contribution >= 0.6 is 0 Å². The Morgan fingerprint density at radius 1 is 1.26 bits per heavy atom. The molecule has 0 aliphatic carbocycles. The molecule has 1 unspecified atom stereocenters. The van der Waals surface area contributed by atoms with Crippen LogP contribution in [0.3, 0.4) is 0 Å². The van der Waals surface area contributed by atoms with Crippen LogP contribution in [-0.2, 0) is 4.79 Å². The molecule has 1 N–H and O–H groups in total. The minimum Gasteiger partial charge on any atom is -0.481 e. The van der Waals surface area contributed by atoms with Gasteiger partial charge in [-0.1, -0.05) is 30.3 Å². The van der Waals surface area contributed by atoms with Crippen molar-refractivity contribution in [3.8, 4) is 5.75 Å². The predicted molar refractivity (Wildman–Crippen MR) is 66.6 cm³/mol. The van der Waals surface area contributed by atoms with Crippen LogP contribution in [-0.4, -0.2) is 17.7 Å². The summed E-state index contributed by atoms with van der Waals surface area (Å²) in [5.74, 6) is -1.49. The van der Waals surface area contributed by atoms with E-state index in [1.165, 1.54) is 6.07 Å². The summed E-state index contributed by atoms with van der Waals surface area (Å²) in [4.78, 5) is 10.9. The Morgan fingerprint density at radius 2 is 2.00 bits per heavy atom. The quantitative estimate of drug-likeness (QED) is 0.919. The highest BCUT2D eigenvalue weighted by Gasteiger charge is 2.15. The summed E-state index contributed by atoms with van der Waals surface area (Å²) in [6.45, 7) is -1.31. The molecule has 0 aromatic heterocycles. The third kappa shape index (κ3) is 2.81. The highest BCUT2D eigenvalue weighted by Crippen LogP contribution is 2.29. The Balaban J connectivity index is 2.48. The standard InChI is InChI=1S/C14H12F2O3/c1-8(13(17)18)9-5-6-11-10(7-9)3-2-4-12(11)19-14(15)16/h2-8,14H,1H3,(H,17,18). The van der Waals surface area contributed by atoms with Crippen molar-refractivity contribution >= 4 is 16.7 Å². The van der Waals surface area contributed by atoms with Crippen LogP contribution in [0.4, 0.5) is 8.78 Å². The Morgan fingerprint density at radius 3 is 2.63 bits per heavy atom. The molecule has 100 valence electrons. The zero-order valence-electron chi connectivity index (χ0n) is 10.1. The molecule has 2 rings (SSSR count). The molecule has 5 heteroatoms. The SMILES string of the molecule is CC(C(=O)O)c1ccc2c(OC(F)F)cccc2c1. The third-order valence-corrected chi connectivity index (χ3v) is 2.95.